The highest BCUT2D eigenvalue weighted by Crippen LogP contribution is 2.30. The van der Waals surface area contributed by atoms with Gasteiger partial charge in [0.1, 0.15) is 23.7 Å². The molecule has 0 spiro atoms. The molecule has 0 amide bonds. The number of anilines is 2. The van der Waals surface area contributed by atoms with Gasteiger partial charge in [0.2, 0.25) is 0 Å². The van der Waals surface area contributed by atoms with E-state index in [2.05, 4.69) is 22.2 Å². The minimum Gasteiger partial charge on any atom is -0.493 e. The van der Waals surface area contributed by atoms with E-state index in [9.17, 15) is 4.39 Å². The summed E-state index contributed by atoms with van der Waals surface area (Å²) in [4.78, 5) is 8.63. The summed E-state index contributed by atoms with van der Waals surface area (Å²) >= 11 is 5.85. The van der Waals surface area contributed by atoms with Gasteiger partial charge in [0.05, 0.1) is 17.1 Å². The van der Waals surface area contributed by atoms with E-state index in [1.807, 2.05) is 19.1 Å². The topological polar surface area (TPSA) is 47.0 Å². The number of hydrogen-bond acceptors (Lipinski definition) is 4. The van der Waals surface area contributed by atoms with Gasteiger partial charge in [0.15, 0.2) is 0 Å². The van der Waals surface area contributed by atoms with Crippen molar-refractivity contribution in [3.05, 3.63) is 53.1 Å². The summed E-state index contributed by atoms with van der Waals surface area (Å²) < 4.78 is 19.2. The fourth-order valence-corrected chi connectivity index (χ4v) is 2.66. The van der Waals surface area contributed by atoms with E-state index in [4.69, 9.17) is 16.3 Å². The highest BCUT2D eigenvalue weighted by atomic mass is 35.5. The largest absolute Gasteiger partial charge is 0.493 e. The van der Waals surface area contributed by atoms with Crippen LogP contribution in [0.15, 0.2) is 36.7 Å². The molecule has 0 bridgehead atoms. The van der Waals surface area contributed by atoms with Gasteiger partial charge in [-0.3, -0.25) is 0 Å². The van der Waals surface area contributed by atoms with Crippen molar-refractivity contribution in [3.63, 3.8) is 0 Å². The molecule has 0 unspecified atom stereocenters. The normalized spacial score (nSPS) is 10.9. The summed E-state index contributed by atoms with van der Waals surface area (Å²) in [7, 11) is 0. The van der Waals surface area contributed by atoms with E-state index in [-0.39, 0.29) is 5.02 Å². The van der Waals surface area contributed by atoms with E-state index < -0.39 is 5.82 Å². The zero-order chi connectivity index (χ0) is 17.8. The number of ether oxygens (including phenoxy) is 1. The van der Waals surface area contributed by atoms with Gasteiger partial charge < -0.3 is 10.1 Å². The Morgan fingerprint density at radius 1 is 1.20 bits per heavy atom. The van der Waals surface area contributed by atoms with E-state index in [1.165, 1.54) is 18.5 Å². The van der Waals surface area contributed by atoms with Crippen LogP contribution >= 0.6 is 11.6 Å². The smallest absolute Gasteiger partial charge is 0.141 e. The van der Waals surface area contributed by atoms with Crippen LogP contribution in [0.25, 0.3) is 10.9 Å². The molecule has 2 aromatic carbocycles. The molecule has 3 aromatic rings. The number of rotatable bonds is 6. The molecule has 6 heteroatoms. The summed E-state index contributed by atoms with van der Waals surface area (Å²) in [5.74, 6) is 0.978. The summed E-state index contributed by atoms with van der Waals surface area (Å²) in [5.41, 5.74) is 2.49. The first-order valence-corrected chi connectivity index (χ1v) is 8.56. The number of fused-ring (bicyclic) bond motifs is 1. The second-order valence-electron chi connectivity index (χ2n) is 5.81. The third kappa shape index (κ3) is 3.99. The van der Waals surface area contributed by atoms with Gasteiger partial charge in [-0.2, -0.15) is 0 Å². The lowest BCUT2D eigenvalue weighted by Crippen LogP contribution is -2.00. The molecule has 0 aliphatic carbocycles. The number of unbranched alkanes of at least 4 members (excludes halogenated alkanes) is 1. The molecule has 25 heavy (non-hydrogen) atoms. The number of hydrogen-bond donors (Lipinski definition) is 1. The van der Waals surface area contributed by atoms with E-state index >= 15 is 0 Å². The Morgan fingerprint density at radius 2 is 2.04 bits per heavy atom. The third-order valence-electron chi connectivity index (χ3n) is 3.87. The molecule has 130 valence electrons. The van der Waals surface area contributed by atoms with Gasteiger partial charge in [-0.05, 0) is 49.2 Å². The van der Waals surface area contributed by atoms with Gasteiger partial charge in [0, 0.05) is 11.1 Å². The molecule has 0 radical (unpaired) electrons. The molecule has 0 aliphatic rings. The average molecular weight is 360 g/mol. The van der Waals surface area contributed by atoms with Gasteiger partial charge in [0.25, 0.3) is 0 Å². The first kappa shape index (κ1) is 17.4. The second-order valence-corrected chi connectivity index (χ2v) is 6.22. The number of halogens is 2. The molecule has 1 heterocycles. The maximum absolute atomic E-state index is 13.3. The number of benzene rings is 2. The molecule has 1 aromatic heterocycles. The van der Waals surface area contributed by atoms with Crippen molar-refractivity contribution in [2.45, 2.75) is 26.7 Å². The zero-order valence-electron chi connectivity index (χ0n) is 14.1. The van der Waals surface area contributed by atoms with Crippen LogP contribution < -0.4 is 10.1 Å². The Kier molecular flexibility index (Phi) is 5.34. The second kappa shape index (κ2) is 7.66. The molecule has 0 aliphatic heterocycles. The van der Waals surface area contributed by atoms with E-state index in [0.717, 1.165) is 35.1 Å². The summed E-state index contributed by atoms with van der Waals surface area (Å²) in [5, 5.41) is 4.06. The Hall–Kier alpha value is -2.40. The van der Waals surface area contributed by atoms with Crippen molar-refractivity contribution >= 4 is 34.0 Å². The molecule has 3 rings (SSSR count). The quantitative estimate of drug-likeness (QED) is 0.577. The van der Waals surface area contributed by atoms with Gasteiger partial charge in [-0.25, -0.2) is 14.4 Å². The van der Waals surface area contributed by atoms with Crippen LogP contribution in [0.3, 0.4) is 0 Å². The van der Waals surface area contributed by atoms with Crippen molar-refractivity contribution in [2.75, 3.05) is 11.9 Å². The Morgan fingerprint density at radius 3 is 2.80 bits per heavy atom. The molecular weight excluding hydrogens is 341 g/mol. The number of aryl methyl sites for hydroxylation is 1. The first-order chi connectivity index (χ1) is 12.1. The molecular formula is C19H19ClFN3O. The van der Waals surface area contributed by atoms with Crippen LogP contribution in [-0.4, -0.2) is 16.6 Å². The molecule has 0 saturated carbocycles. The van der Waals surface area contributed by atoms with Crippen molar-refractivity contribution < 1.29 is 9.13 Å². The van der Waals surface area contributed by atoms with Crippen molar-refractivity contribution in [3.8, 4) is 5.75 Å². The number of aromatic nitrogens is 2. The van der Waals surface area contributed by atoms with Crippen LogP contribution in [0.2, 0.25) is 5.02 Å². The lowest BCUT2D eigenvalue weighted by atomic mass is 10.1. The van der Waals surface area contributed by atoms with Crippen LogP contribution in [0, 0.1) is 12.7 Å². The van der Waals surface area contributed by atoms with Crippen LogP contribution in [0.1, 0.15) is 25.3 Å². The van der Waals surface area contributed by atoms with Crippen LogP contribution in [-0.2, 0) is 0 Å². The van der Waals surface area contributed by atoms with Crippen LogP contribution in [0.4, 0.5) is 15.9 Å². The lowest BCUT2D eigenvalue weighted by molar-refractivity contribution is 0.308. The fraction of sp³-hybridized carbons (Fsp3) is 0.263. The molecule has 0 fully saturated rings. The Bertz CT molecular complexity index is 901. The predicted molar refractivity (Wildman–Crippen MR) is 99.4 cm³/mol. The Balaban J connectivity index is 1.96. The molecule has 4 nitrogen and oxygen atoms in total. The lowest BCUT2D eigenvalue weighted by Gasteiger charge is -2.13. The minimum atomic E-state index is -0.456. The highest BCUT2D eigenvalue weighted by molar-refractivity contribution is 6.31. The number of nitrogens with zero attached hydrogens (tertiary/aromatic N) is 2. The van der Waals surface area contributed by atoms with Crippen LogP contribution in [0.5, 0.6) is 5.75 Å². The SMILES string of the molecule is CCCCOc1cc2c(Nc3ccc(F)c(Cl)c3)ncnc2cc1C. The third-order valence-corrected chi connectivity index (χ3v) is 4.16. The minimum absolute atomic E-state index is 0.0581. The number of nitrogens with one attached hydrogen (secondary N) is 1. The fourth-order valence-electron chi connectivity index (χ4n) is 2.48. The summed E-state index contributed by atoms with van der Waals surface area (Å²) in [6.07, 6.45) is 3.57. The molecule has 0 atom stereocenters. The van der Waals surface area contributed by atoms with Crippen molar-refractivity contribution in [1.29, 1.82) is 0 Å². The van der Waals surface area contributed by atoms with Crippen molar-refractivity contribution in [2.24, 2.45) is 0 Å². The Labute approximate surface area is 151 Å². The standard InChI is InChI=1S/C19H19ClFN3O/c1-3-4-7-25-18-10-14-17(8-12(18)2)22-11-23-19(14)24-13-5-6-16(21)15(20)9-13/h5-6,8-11H,3-4,7H2,1-2H3,(H,22,23,24). The molecule has 1 N–H and O–H groups in total. The highest BCUT2D eigenvalue weighted by Gasteiger charge is 2.10. The summed E-state index contributed by atoms with van der Waals surface area (Å²) in [6.45, 7) is 4.79. The average Bonchev–Trinajstić information content (AvgIpc) is 2.59. The van der Waals surface area contributed by atoms with Gasteiger partial charge >= 0.3 is 0 Å². The maximum atomic E-state index is 13.3. The predicted octanol–water partition coefficient (Wildman–Crippen LogP) is 5.65. The summed E-state index contributed by atoms with van der Waals surface area (Å²) in [6, 6.07) is 8.37. The van der Waals surface area contributed by atoms with E-state index in [0.29, 0.717) is 18.1 Å². The monoisotopic (exact) mass is 359 g/mol. The van der Waals surface area contributed by atoms with E-state index in [1.54, 1.807) is 6.07 Å². The van der Waals surface area contributed by atoms with Gasteiger partial charge in [-0.15, -0.1) is 0 Å². The van der Waals surface area contributed by atoms with Crippen molar-refractivity contribution in [1.82, 2.24) is 9.97 Å². The maximum Gasteiger partial charge on any atom is 0.141 e. The van der Waals surface area contributed by atoms with Gasteiger partial charge in [-0.1, -0.05) is 24.9 Å². The zero-order valence-corrected chi connectivity index (χ0v) is 14.9. The molecule has 0 saturated heterocycles. The first-order valence-electron chi connectivity index (χ1n) is 8.18.